The topological polar surface area (TPSA) is 299 Å². The number of anilines is 1. The number of fused-ring (bicyclic) bond motifs is 3. The minimum absolute atomic E-state index is 0.000818. The number of Topliss-reactive ketones (excluding diaryl/α,β-unsaturated/α-hetero) is 1. The summed E-state index contributed by atoms with van der Waals surface area (Å²) < 4.78 is 82.7. The Morgan fingerprint density at radius 1 is 0.861 bits per heavy atom. The maximum absolute atomic E-state index is 14.2. The summed E-state index contributed by atoms with van der Waals surface area (Å²) in [4.78, 5) is 63.2. The Morgan fingerprint density at radius 2 is 1.61 bits per heavy atom. The average molecular weight is 1020 g/mol. The fourth-order valence-electron chi connectivity index (χ4n) is 9.47. The predicted molar refractivity (Wildman–Crippen MR) is 263 cm³/mol. The third-order valence-electron chi connectivity index (χ3n) is 13.1. The van der Waals surface area contributed by atoms with Crippen molar-refractivity contribution in [2.24, 2.45) is 0 Å². The number of pyridine rings is 1. The number of likely N-dealkylation sites (tertiary alicyclic amines) is 1. The zero-order valence-corrected chi connectivity index (χ0v) is 40.9. The van der Waals surface area contributed by atoms with Crippen LogP contribution in [-0.4, -0.2) is 140 Å². The van der Waals surface area contributed by atoms with Gasteiger partial charge in [-0.05, 0) is 85.8 Å². The van der Waals surface area contributed by atoms with Gasteiger partial charge in [0, 0.05) is 111 Å². The molecular weight excluding hydrogens is 969 g/mol. The number of aromatic nitrogens is 1. The molecule has 1 aromatic heterocycles. The minimum atomic E-state index is -5.14. The van der Waals surface area contributed by atoms with Gasteiger partial charge in [0.1, 0.15) is 11.8 Å². The highest BCUT2D eigenvalue weighted by Crippen LogP contribution is 2.45. The molecule has 72 heavy (non-hydrogen) atoms. The number of carbonyl (C=O) groups excluding carboxylic acids is 4. The lowest BCUT2D eigenvalue weighted by molar-refractivity contribution is -0.133. The van der Waals surface area contributed by atoms with Crippen molar-refractivity contribution in [2.45, 2.75) is 60.8 Å². The van der Waals surface area contributed by atoms with E-state index in [1.165, 1.54) is 29.2 Å². The summed E-state index contributed by atoms with van der Waals surface area (Å²) >= 11 is 0. The van der Waals surface area contributed by atoms with Crippen LogP contribution in [0.25, 0.3) is 44.3 Å². The number of ketones is 1. The van der Waals surface area contributed by atoms with Gasteiger partial charge in [-0.25, -0.2) is 0 Å². The van der Waals surface area contributed by atoms with E-state index in [0.29, 0.717) is 80.8 Å². The van der Waals surface area contributed by atoms with Crippen LogP contribution in [0.2, 0.25) is 0 Å². The highest BCUT2D eigenvalue weighted by Gasteiger charge is 2.33. The predicted octanol–water partition coefficient (Wildman–Crippen LogP) is 5.25. The summed E-state index contributed by atoms with van der Waals surface area (Å²) in [5.41, 5.74) is 6.47. The number of nitrogens with two attached hydrogens (primary N) is 1. The van der Waals surface area contributed by atoms with E-state index in [9.17, 15) is 50.4 Å². The van der Waals surface area contributed by atoms with Crippen molar-refractivity contribution in [3.05, 3.63) is 95.5 Å². The van der Waals surface area contributed by atoms with E-state index >= 15 is 0 Å². The van der Waals surface area contributed by atoms with Gasteiger partial charge >= 0.3 is 0 Å². The quantitative estimate of drug-likeness (QED) is 0.0298. The summed E-state index contributed by atoms with van der Waals surface area (Å²) in [5, 5.41) is 17.6. The molecule has 376 valence electrons. The zero-order valence-electron chi connectivity index (χ0n) is 39.2. The van der Waals surface area contributed by atoms with Gasteiger partial charge in [0.25, 0.3) is 26.1 Å². The standard InChI is InChI=1S/C50H52N8O12S2/c1-55(50(62)35-9-3-2-8-34(35)45-36-12-14-39(52)48(71(63,64)65)46(36)70-47-37(45)13-15-40(53)49(47)72(66,67)68)21-5-10-43(60)57-26-24-56(25-27-57)22-6-28-69-32-11-16-41-38(29-32)33(19-20-54-41)42(59)17-18-44(61)58-23-4-7-31(58)30-51/h2-3,8-9,11-16,19-20,29,31,52H,4-7,10,17-18,21-28,53H2,1H3,(H,63,64,65)(H,66,67,68)/t31-/m0/s1. The van der Waals surface area contributed by atoms with Crippen LogP contribution in [0.4, 0.5) is 5.69 Å². The van der Waals surface area contributed by atoms with E-state index in [2.05, 4.69) is 16.0 Å². The second-order valence-electron chi connectivity index (χ2n) is 17.7. The van der Waals surface area contributed by atoms with Gasteiger partial charge in [-0.3, -0.25) is 43.6 Å². The van der Waals surface area contributed by atoms with Crippen LogP contribution < -0.4 is 15.8 Å². The molecule has 0 saturated carbocycles. The number of piperazine rings is 1. The van der Waals surface area contributed by atoms with Crippen LogP contribution in [0.5, 0.6) is 5.75 Å². The Hall–Kier alpha value is -7.29. The smallest absolute Gasteiger partial charge is 0.300 e. The number of hydrogen-bond donors (Lipinski definition) is 4. The average Bonchev–Trinajstić information content (AvgIpc) is 3.84. The molecule has 0 spiro atoms. The molecule has 2 saturated heterocycles. The van der Waals surface area contributed by atoms with E-state index in [1.807, 2.05) is 0 Å². The molecule has 4 aromatic rings. The van der Waals surface area contributed by atoms with E-state index < -0.39 is 64.4 Å². The lowest BCUT2D eigenvalue weighted by atomic mass is 9.90. The van der Waals surface area contributed by atoms with Crippen molar-refractivity contribution in [2.75, 3.05) is 65.2 Å². The van der Waals surface area contributed by atoms with E-state index in [0.717, 1.165) is 19.0 Å². The molecule has 0 radical (unpaired) electrons. The van der Waals surface area contributed by atoms with Crippen molar-refractivity contribution in [3.63, 3.8) is 0 Å². The van der Waals surface area contributed by atoms with Crippen molar-refractivity contribution in [1.29, 1.82) is 10.7 Å². The molecule has 0 unspecified atom stereocenters. The first-order valence-electron chi connectivity index (χ1n) is 23.3. The molecular formula is C50H52N8O12S2. The van der Waals surface area contributed by atoms with Crippen molar-refractivity contribution < 1.29 is 54.3 Å². The number of carbonyl (C=O) groups is 4. The van der Waals surface area contributed by atoms with Crippen LogP contribution in [0, 0.1) is 16.7 Å². The van der Waals surface area contributed by atoms with E-state index in [1.54, 1.807) is 65.5 Å². The van der Waals surface area contributed by atoms with Gasteiger partial charge in [-0.1, -0.05) is 18.2 Å². The number of nitrogen functional groups attached to an aromatic ring is 1. The Balaban J connectivity index is 0.844. The fraction of sp³-hybridized carbons (Fsp3) is 0.340. The molecule has 5 N–H and O–H groups in total. The van der Waals surface area contributed by atoms with Crippen LogP contribution >= 0.6 is 0 Å². The van der Waals surface area contributed by atoms with Crippen molar-refractivity contribution in [3.8, 4) is 34.3 Å². The molecule has 1 atom stereocenters. The monoisotopic (exact) mass is 1020 g/mol. The summed E-state index contributed by atoms with van der Waals surface area (Å²) in [7, 11) is -8.67. The number of nitriles is 1. The van der Waals surface area contributed by atoms with Gasteiger partial charge in [0.05, 0.1) is 29.2 Å². The molecule has 1 aliphatic carbocycles. The number of benzene rings is 4. The van der Waals surface area contributed by atoms with Crippen LogP contribution in [0.15, 0.2) is 93.2 Å². The molecule has 8 rings (SSSR count). The molecule has 20 nitrogen and oxygen atoms in total. The van der Waals surface area contributed by atoms with Crippen LogP contribution in [0.3, 0.4) is 0 Å². The molecule has 4 aliphatic rings. The first-order valence-corrected chi connectivity index (χ1v) is 26.1. The van der Waals surface area contributed by atoms with Crippen LogP contribution in [-0.2, 0) is 29.8 Å². The molecule has 3 aromatic carbocycles. The highest BCUT2D eigenvalue weighted by molar-refractivity contribution is 7.86. The largest absolute Gasteiger partial charge is 0.494 e. The molecule has 4 heterocycles. The third-order valence-corrected chi connectivity index (χ3v) is 14.9. The maximum atomic E-state index is 14.2. The SMILES string of the molecule is CN(CCCC(=O)N1CCN(CCCOc2ccc3nccc(C(=O)CCC(=O)N4CCC[C@H]4C#N)c3c2)CC1)C(=O)c1ccccc1-c1c2ccc(=N)c(S(=O)(=O)O)c-2oc2c(S(=O)(=O)O)c(N)ccc12. The maximum Gasteiger partial charge on any atom is 0.300 e. The zero-order chi connectivity index (χ0) is 51.5. The number of nitrogens with one attached hydrogen (secondary N) is 1. The van der Waals surface area contributed by atoms with Gasteiger partial charge in [-0.15, -0.1) is 0 Å². The minimum Gasteiger partial charge on any atom is -0.494 e. The normalized spacial score (nSPS) is 15.5. The highest BCUT2D eigenvalue weighted by atomic mass is 32.2. The van der Waals surface area contributed by atoms with Gasteiger partial charge < -0.3 is 29.6 Å². The molecule has 2 fully saturated rings. The third kappa shape index (κ3) is 10.8. The molecule has 3 amide bonds. The first kappa shape index (κ1) is 51.1. The second-order valence-corrected chi connectivity index (χ2v) is 20.5. The lowest BCUT2D eigenvalue weighted by Crippen LogP contribution is -2.49. The Kier molecular flexibility index (Phi) is 15.0. The summed E-state index contributed by atoms with van der Waals surface area (Å²) in [6, 6.07) is 20.1. The van der Waals surface area contributed by atoms with E-state index in [4.69, 9.17) is 20.3 Å². The first-order chi connectivity index (χ1) is 34.3. The van der Waals surface area contributed by atoms with Crippen LogP contribution in [0.1, 0.15) is 65.7 Å². The molecule has 0 bridgehead atoms. The Labute approximate surface area is 414 Å². The summed E-state index contributed by atoms with van der Waals surface area (Å²) in [6.45, 7) is 4.23. The number of ether oxygens (including phenoxy) is 1. The van der Waals surface area contributed by atoms with Gasteiger partial charge in [0.15, 0.2) is 26.9 Å². The summed E-state index contributed by atoms with van der Waals surface area (Å²) in [5.74, 6) is -0.945. The Bertz CT molecular complexity index is 3420. The number of rotatable bonds is 17. The van der Waals surface area contributed by atoms with Crippen molar-refractivity contribution in [1.82, 2.24) is 24.6 Å². The van der Waals surface area contributed by atoms with Crippen molar-refractivity contribution >= 4 is 71.3 Å². The molecule has 22 heteroatoms. The molecule has 3 aliphatic heterocycles. The summed E-state index contributed by atoms with van der Waals surface area (Å²) in [6.07, 6.45) is 4.25. The fourth-order valence-corrected chi connectivity index (χ4v) is 11.0. The van der Waals surface area contributed by atoms with Gasteiger partial charge in [-0.2, -0.15) is 22.1 Å². The Morgan fingerprint density at radius 3 is 2.35 bits per heavy atom. The number of hydrogen-bond acceptors (Lipinski definition) is 15. The van der Waals surface area contributed by atoms with Gasteiger partial charge in [0.2, 0.25) is 11.8 Å². The lowest BCUT2D eigenvalue weighted by Gasteiger charge is -2.35. The van der Waals surface area contributed by atoms with E-state index in [-0.39, 0.29) is 71.0 Å². The number of nitrogens with zero attached hydrogens (tertiary/aromatic N) is 6. The number of amides is 3. The second kappa shape index (κ2) is 21.2.